The van der Waals surface area contributed by atoms with Crippen LogP contribution in [0.25, 0.3) is 12.2 Å². The average Bonchev–Trinajstić information content (AvgIpc) is 3.17. The van der Waals surface area contributed by atoms with Crippen LogP contribution in [0.15, 0.2) is 54.0 Å². The van der Waals surface area contributed by atoms with E-state index in [0.717, 1.165) is 10.6 Å². The molecule has 0 bridgehead atoms. The summed E-state index contributed by atoms with van der Waals surface area (Å²) < 4.78 is 1.33. The largest absolute Gasteiger partial charge is 0.278 e. The highest BCUT2D eigenvalue weighted by atomic mass is 35.5. The molecule has 0 unspecified atom stereocenters. The van der Waals surface area contributed by atoms with Crippen LogP contribution in [0.3, 0.4) is 0 Å². The predicted octanol–water partition coefficient (Wildman–Crippen LogP) is 4.46. The van der Waals surface area contributed by atoms with Crippen LogP contribution in [-0.2, 0) is 0 Å². The maximum atomic E-state index is 12.2. The summed E-state index contributed by atoms with van der Waals surface area (Å²) in [5, 5.41) is 6.88. The van der Waals surface area contributed by atoms with Gasteiger partial charge in [0.25, 0.3) is 5.91 Å². The Hall–Kier alpha value is -2.17. The van der Waals surface area contributed by atoms with Crippen molar-refractivity contribution in [2.45, 2.75) is 0 Å². The lowest BCUT2D eigenvalue weighted by molar-refractivity contribution is 0.0945. The van der Waals surface area contributed by atoms with Gasteiger partial charge in [0.05, 0.1) is 5.69 Å². The van der Waals surface area contributed by atoms with Crippen molar-refractivity contribution in [3.05, 3.63) is 75.2 Å². The number of thiophene rings is 1. The molecule has 0 amide bonds. The number of nitrogens with zero attached hydrogens (tertiary/aromatic N) is 2. The van der Waals surface area contributed by atoms with Gasteiger partial charge in [-0.1, -0.05) is 17.7 Å². The second-order valence-corrected chi connectivity index (χ2v) is 5.76. The van der Waals surface area contributed by atoms with E-state index in [1.807, 2.05) is 29.7 Å². The fourth-order valence-electron chi connectivity index (χ4n) is 1.82. The minimum atomic E-state index is -0.178. The molecule has 0 saturated heterocycles. The molecular weight excluding hydrogens is 304 g/mol. The van der Waals surface area contributed by atoms with E-state index in [9.17, 15) is 4.79 Å². The highest BCUT2D eigenvalue weighted by Crippen LogP contribution is 2.13. The zero-order valence-electron chi connectivity index (χ0n) is 10.9. The Labute approximate surface area is 131 Å². The predicted molar refractivity (Wildman–Crippen MR) is 86.7 cm³/mol. The molecule has 0 N–H and O–H groups in total. The molecule has 2 heterocycles. The Bertz CT molecular complexity index is 773. The van der Waals surface area contributed by atoms with E-state index in [1.165, 1.54) is 4.68 Å². The SMILES string of the molecule is O=C(c1ccc(Cl)cc1)n1ccc(C=Cc2cccs2)n1. The molecule has 0 aliphatic carbocycles. The number of hydrogen-bond donors (Lipinski definition) is 0. The number of halogens is 1. The van der Waals surface area contributed by atoms with Crippen molar-refractivity contribution < 1.29 is 4.79 Å². The number of aromatic nitrogens is 2. The topological polar surface area (TPSA) is 34.9 Å². The molecule has 0 atom stereocenters. The van der Waals surface area contributed by atoms with Gasteiger partial charge in [-0.15, -0.1) is 11.3 Å². The van der Waals surface area contributed by atoms with Crippen molar-refractivity contribution in [1.82, 2.24) is 9.78 Å². The van der Waals surface area contributed by atoms with E-state index >= 15 is 0 Å². The molecule has 21 heavy (non-hydrogen) atoms. The lowest BCUT2D eigenvalue weighted by Gasteiger charge is -2.00. The van der Waals surface area contributed by atoms with E-state index < -0.39 is 0 Å². The highest BCUT2D eigenvalue weighted by Gasteiger charge is 2.09. The molecule has 0 radical (unpaired) electrons. The van der Waals surface area contributed by atoms with Crippen molar-refractivity contribution >= 4 is 41.0 Å². The smallest absolute Gasteiger partial charge is 0.267 e. The van der Waals surface area contributed by atoms with E-state index in [1.54, 1.807) is 47.9 Å². The van der Waals surface area contributed by atoms with Gasteiger partial charge in [-0.2, -0.15) is 5.10 Å². The Kier molecular flexibility index (Phi) is 3.99. The maximum absolute atomic E-state index is 12.2. The van der Waals surface area contributed by atoms with Crippen LogP contribution in [0.5, 0.6) is 0 Å². The molecule has 1 aromatic carbocycles. The third-order valence-corrected chi connectivity index (χ3v) is 3.96. The van der Waals surface area contributed by atoms with Crippen molar-refractivity contribution in [3.8, 4) is 0 Å². The zero-order chi connectivity index (χ0) is 14.7. The standard InChI is InChI=1S/C16H11ClN2OS/c17-13-5-3-12(4-6-13)16(20)19-10-9-14(18-19)7-8-15-2-1-11-21-15/h1-11H. The molecule has 5 heteroatoms. The fraction of sp³-hybridized carbons (Fsp3) is 0. The van der Waals surface area contributed by atoms with Crippen LogP contribution in [0, 0.1) is 0 Å². The van der Waals surface area contributed by atoms with Crippen LogP contribution >= 0.6 is 22.9 Å². The molecule has 3 aromatic rings. The lowest BCUT2D eigenvalue weighted by Crippen LogP contribution is -2.12. The molecule has 104 valence electrons. The van der Waals surface area contributed by atoms with Gasteiger partial charge in [0, 0.05) is 21.7 Å². The van der Waals surface area contributed by atoms with Gasteiger partial charge in [0.15, 0.2) is 0 Å². The average molecular weight is 315 g/mol. The first-order chi connectivity index (χ1) is 10.2. The third kappa shape index (κ3) is 3.29. The summed E-state index contributed by atoms with van der Waals surface area (Å²) >= 11 is 7.47. The molecule has 0 spiro atoms. The fourth-order valence-corrected chi connectivity index (χ4v) is 2.56. The molecule has 0 aliphatic rings. The summed E-state index contributed by atoms with van der Waals surface area (Å²) in [4.78, 5) is 13.4. The Morgan fingerprint density at radius 2 is 1.95 bits per heavy atom. The molecule has 0 aliphatic heterocycles. The van der Waals surface area contributed by atoms with Crippen molar-refractivity contribution in [1.29, 1.82) is 0 Å². The van der Waals surface area contributed by atoms with Gasteiger partial charge in [0.2, 0.25) is 0 Å². The van der Waals surface area contributed by atoms with Gasteiger partial charge in [-0.05, 0) is 53.9 Å². The Morgan fingerprint density at radius 1 is 1.14 bits per heavy atom. The van der Waals surface area contributed by atoms with Crippen LogP contribution in [-0.4, -0.2) is 15.7 Å². The number of hydrogen-bond acceptors (Lipinski definition) is 3. The quantitative estimate of drug-likeness (QED) is 0.715. The number of carbonyl (C=O) groups excluding carboxylic acids is 1. The second kappa shape index (κ2) is 6.08. The summed E-state index contributed by atoms with van der Waals surface area (Å²) in [6, 6.07) is 12.6. The van der Waals surface area contributed by atoms with Gasteiger partial charge in [-0.3, -0.25) is 4.79 Å². The summed E-state index contributed by atoms with van der Waals surface area (Å²) in [5.41, 5.74) is 1.29. The van der Waals surface area contributed by atoms with Crippen molar-refractivity contribution in [2.75, 3.05) is 0 Å². The highest BCUT2D eigenvalue weighted by molar-refractivity contribution is 7.10. The molecule has 3 rings (SSSR count). The molecule has 2 aromatic heterocycles. The maximum Gasteiger partial charge on any atom is 0.278 e. The minimum absolute atomic E-state index is 0.178. The van der Waals surface area contributed by atoms with Crippen LogP contribution in [0.4, 0.5) is 0 Å². The summed E-state index contributed by atoms with van der Waals surface area (Å²) in [5.74, 6) is -0.178. The molecular formula is C16H11ClN2OS. The zero-order valence-corrected chi connectivity index (χ0v) is 12.5. The van der Waals surface area contributed by atoms with E-state index in [0.29, 0.717) is 10.6 Å². The minimum Gasteiger partial charge on any atom is -0.267 e. The Balaban J connectivity index is 1.78. The summed E-state index contributed by atoms with van der Waals surface area (Å²) in [6.07, 6.45) is 5.52. The first-order valence-corrected chi connectivity index (χ1v) is 7.56. The van der Waals surface area contributed by atoms with Crippen LogP contribution < -0.4 is 0 Å². The number of rotatable bonds is 3. The molecule has 3 nitrogen and oxygen atoms in total. The molecule has 0 fully saturated rings. The van der Waals surface area contributed by atoms with Gasteiger partial charge >= 0.3 is 0 Å². The second-order valence-electron chi connectivity index (χ2n) is 4.35. The third-order valence-electron chi connectivity index (χ3n) is 2.87. The first-order valence-electron chi connectivity index (χ1n) is 6.30. The summed E-state index contributed by atoms with van der Waals surface area (Å²) in [7, 11) is 0. The monoisotopic (exact) mass is 314 g/mol. The number of carbonyl (C=O) groups is 1. The first kappa shape index (κ1) is 13.8. The van der Waals surface area contributed by atoms with Crippen molar-refractivity contribution in [3.63, 3.8) is 0 Å². The van der Waals surface area contributed by atoms with E-state index in [4.69, 9.17) is 11.6 Å². The lowest BCUT2D eigenvalue weighted by atomic mass is 10.2. The molecule has 0 saturated carbocycles. The number of benzene rings is 1. The Morgan fingerprint density at radius 3 is 2.67 bits per heavy atom. The van der Waals surface area contributed by atoms with Crippen LogP contribution in [0.2, 0.25) is 5.02 Å². The van der Waals surface area contributed by atoms with Crippen molar-refractivity contribution in [2.24, 2.45) is 0 Å². The van der Waals surface area contributed by atoms with Gasteiger partial charge in [0.1, 0.15) is 0 Å². The van der Waals surface area contributed by atoms with Gasteiger partial charge < -0.3 is 0 Å². The van der Waals surface area contributed by atoms with E-state index in [-0.39, 0.29) is 5.91 Å². The van der Waals surface area contributed by atoms with Gasteiger partial charge in [-0.25, -0.2) is 4.68 Å². The van der Waals surface area contributed by atoms with Crippen LogP contribution in [0.1, 0.15) is 20.9 Å². The van der Waals surface area contributed by atoms with E-state index in [2.05, 4.69) is 5.10 Å². The normalized spacial score (nSPS) is 11.1. The summed E-state index contributed by atoms with van der Waals surface area (Å²) in [6.45, 7) is 0.